The average Bonchev–Trinajstić information content (AvgIpc) is 2.24. The van der Waals surface area contributed by atoms with Crippen LogP contribution in [0, 0.1) is 5.92 Å². The molecule has 0 aromatic carbocycles. The fourth-order valence-electron chi connectivity index (χ4n) is 1.37. The van der Waals surface area contributed by atoms with Crippen LogP contribution in [0.4, 0.5) is 0 Å². The van der Waals surface area contributed by atoms with Gasteiger partial charge in [0, 0.05) is 32.8 Å². The second-order valence-electron chi connectivity index (χ2n) is 5.02. The van der Waals surface area contributed by atoms with Crippen LogP contribution in [0.15, 0.2) is 0 Å². The second kappa shape index (κ2) is 10.1. The summed E-state index contributed by atoms with van der Waals surface area (Å²) in [6.07, 6.45) is 1.14. The van der Waals surface area contributed by atoms with Gasteiger partial charge in [-0.15, -0.1) is 0 Å². The number of rotatable bonds is 10. The first kappa shape index (κ1) is 15.9. The van der Waals surface area contributed by atoms with Gasteiger partial charge in [-0.3, -0.25) is 0 Å². The van der Waals surface area contributed by atoms with Crippen molar-refractivity contribution < 1.29 is 4.74 Å². The van der Waals surface area contributed by atoms with Gasteiger partial charge in [0.1, 0.15) is 0 Å². The summed E-state index contributed by atoms with van der Waals surface area (Å²) in [7, 11) is 4.35. The first-order valence-corrected chi connectivity index (χ1v) is 6.51. The monoisotopic (exact) mass is 230 g/mol. The van der Waals surface area contributed by atoms with Crippen molar-refractivity contribution in [3.63, 3.8) is 0 Å². The minimum atomic E-state index is 0.649. The van der Waals surface area contributed by atoms with Crippen molar-refractivity contribution in [2.75, 3.05) is 53.5 Å². The van der Waals surface area contributed by atoms with Crippen LogP contribution in [0.5, 0.6) is 0 Å². The summed E-state index contributed by atoms with van der Waals surface area (Å²) in [6.45, 7) is 12.9. The van der Waals surface area contributed by atoms with E-state index < -0.39 is 0 Å². The largest absolute Gasteiger partial charge is 0.381 e. The van der Waals surface area contributed by atoms with Gasteiger partial charge in [0.05, 0.1) is 0 Å². The van der Waals surface area contributed by atoms with E-state index >= 15 is 0 Å². The molecule has 0 amide bonds. The van der Waals surface area contributed by atoms with E-state index in [1.807, 2.05) is 0 Å². The Bertz CT molecular complexity index is 151. The highest BCUT2D eigenvalue weighted by molar-refractivity contribution is 4.55. The van der Waals surface area contributed by atoms with Crippen LogP contribution in [0.25, 0.3) is 0 Å². The summed E-state index contributed by atoms with van der Waals surface area (Å²) in [4.78, 5) is 4.72. The van der Waals surface area contributed by atoms with E-state index in [1.165, 1.54) is 0 Å². The molecular formula is C13H30N2O. The number of likely N-dealkylation sites (N-methyl/N-ethyl adjacent to an activating group) is 2. The lowest BCUT2D eigenvalue weighted by Crippen LogP contribution is -2.31. The van der Waals surface area contributed by atoms with Gasteiger partial charge in [0.2, 0.25) is 0 Å². The first-order chi connectivity index (χ1) is 7.56. The smallest absolute Gasteiger partial charge is 0.0489 e. The van der Waals surface area contributed by atoms with Crippen molar-refractivity contribution in [1.82, 2.24) is 9.80 Å². The normalized spacial score (nSPS) is 12.0. The van der Waals surface area contributed by atoms with Gasteiger partial charge in [-0.2, -0.15) is 0 Å². The van der Waals surface area contributed by atoms with Crippen LogP contribution in [0.1, 0.15) is 27.2 Å². The molecule has 0 saturated heterocycles. The molecule has 0 fully saturated rings. The molecule has 0 radical (unpaired) electrons. The van der Waals surface area contributed by atoms with Crippen molar-refractivity contribution in [1.29, 1.82) is 0 Å². The Kier molecular flexibility index (Phi) is 9.99. The average molecular weight is 230 g/mol. The maximum absolute atomic E-state index is 5.56. The fourth-order valence-corrected chi connectivity index (χ4v) is 1.37. The molecule has 0 N–H and O–H groups in total. The zero-order chi connectivity index (χ0) is 12.4. The van der Waals surface area contributed by atoms with Gasteiger partial charge in [-0.1, -0.05) is 20.8 Å². The van der Waals surface area contributed by atoms with Crippen molar-refractivity contribution in [3.8, 4) is 0 Å². The van der Waals surface area contributed by atoms with Crippen LogP contribution in [0.3, 0.4) is 0 Å². The van der Waals surface area contributed by atoms with Gasteiger partial charge >= 0.3 is 0 Å². The van der Waals surface area contributed by atoms with Crippen molar-refractivity contribution >= 4 is 0 Å². The van der Waals surface area contributed by atoms with Crippen molar-refractivity contribution in [3.05, 3.63) is 0 Å². The van der Waals surface area contributed by atoms with Crippen LogP contribution < -0.4 is 0 Å². The highest BCUT2D eigenvalue weighted by Gasteiger charge is 2.00. The SMILES string of the molecule is CCN(C)CCN(C)CCCOCC(C)C. The predicted octanol–water partition coefficient (Wildman–Crippen LogP) is 1.93. The van der Waals surface area contributed by atoms with E-state index in [-0.39, 0.29) is 0 Å². The number of hydrogen-bond acceptors (Lipinski definition) is 3. The molecule has 0 saturated carbocycles. The Labute approximate surface area is 102 Å². The molecule has 3 heteroatoms. The highest BCUT2D eigenvalue weighted by atomic mass is 16.5. The van der Waals surface area contributed by atoms with E-state index in [4.69, 9.17) is 4.74 Å². The summed E-state index contributed by atoms with van der Waals surface area (Å²) in [5, 5.41) is 0. The molecule has 98 valence electrons. The lowest BCUT2D eigenvalue weighted by molar-refractivity contribution is 0.101. The maximum atomic E-state index is 5.56. The number of nitrogens with zero attached hydrogens (tertiary/aromatic N) is 2. The van der Waals surface area contributed by atoms with Crippen LogP contribution >= 0.6 is 0 Å². The van der Waals surface area contributed by atoms with E-state index in [0.29, 0.717) is 5.92 Å². The molecule has 0 aliphatic carbocycles. The third-order valence-corrected chi connectivity index (χ3v) is 2.68. The Morgan fingerprint density at radius 2 is 1.62 bits per heavy atom. The Morgan fingerprint density at radius 1 is 1.00 bits per heavy atom. The summed E-state index contributed by atoms with van der Waals surface area (Å²) in [5.74, 6) is 0.649. The number of ether oxygens (including phenoxy) is 1. The molecular weight excluding hydrogens is 200 g/mol. The van der Waals surface area contributed by atoms with Crippen LogP contribution in [0.2, 0.25) is 0 Å². The highest BCUT2D eigenvalue weighted by Crippen LogP contribution is 1.95. The Morgan fingerprint density at radius 3 is 2.19 bits per heavy atom. The summed E-state index contributed by atoms with van der Waals surface area (Å²) in [6, 6.07) is 0. The molecule has 3 nitrogen and oxygen atoms in total. The van der Waals surface area contributed by atoms with Crippen molar-refractivity contribution in [2.45, 2.75) is 27.2 Å². The Hall–Kier alpha value is -0.120. The van der Waals surface area contributed by atoms with Crippen LogP contribution in [-0.4, -0.2) is 63.3 Å². The third-order valence-electron chi connectivity index (χ3n) is 2.68. The molecule has 16 heavy (non-hydrogen) atoms. The molecule has 0 aromatic rings. The summed E-state index contributed by atoms with van der Waals surface area (Å²) < 4.78 is 5.56. The van der Waals surface area contributed by atoms with E-state index in [0.717, 1.165) is 45.8 Å². The van der Waals surface area contributed by atoms with Crippen molar-refractivity contribution in [2.24, 2.45) is 5.92 Å². The second-order valence-corrected chi connectivity index (χ2v) is 5.02. The van der Waals surface area contributed by atoms with E-state index in [2.05, 4.69) is 44.7 Å². The van der Waals surface area contributed by atoms with Gasteiger partial charge in [0.15, 0.2) is 0 Å². The number of hydrogen-bond donors (Lipinski definition) is 0. The van der Waals surface area contributed by atoms with E-state index in [1.54, 1.807) is 0 Å². The standard InChI is InChI=1S/C13H30N2O/c1-6-14(4)9-10-15(5)8-7-11-16-12-13(2)3/h13H,6-12H2,1-5H3. The molecule has 0 aliphatic heterocycles. The Balaban J connectivity index is 3.27. The predicted molar refractivity (Wildman–Crippen MR) is 70.9 cm³/mol. The maximum Gasteiger partial charge on any atom is 0.0489 e. The van der Waals surface area contributed by atoms with Gasteiger partial charge in [-0.05, 0) is 33.0 Å². The third kappa shape index (κ3) is 10.4. The van der Waals surface area contributed by atoms with Gasteiger partial charge in [0.25, 0.3) is 0 Å². The van der Waals surface area contributed by atoms with E-state index in [9.17, 15) is 0 Å². The first-order valence-electron chi connectivity index (χ1n) is 6.51. The summed E-state index contributed by atoms with van der Waals surface area (Å²) >= 11 is 0. The minimum Gasteiger partial charge on any atom is -0.381 e. The fraction of sp³-hybridized carbons (Fsp3) is 1.00. The lowest BCUT2D eigenvalue weighted by Gasteiger charge is -2.20. The topological polar surface area (TPSA) is 15.7 Å². The molecule has 0 bridgehead atoms. The molecule has 0 unspecified atom stereocenters. The van der Waals surface area contributed by atoms with Crippen LogP contribution in [-0.2, 0) is 4.74 Å². The summed E-state index contributed by atoms with van der Waals surface area (Å²) in [5.41, 5.74) is 0. The molecule has 0 aromatic heterocycles. The zero-order valence-corrected chi connectivity index (χ0v) is 11.8. The van der Waals surface area contributed by atoms with Gasteiger partial charge < -0.3 is 14.5 Å². The van der Waals surface area contributed by atoms with Gasteiger partial charge in [-0.25, -0.2) is 0 Å². The molecule has 0 atom stereocenters. The lowest BCUT2D eigenvalue weighted by atomic mass is 10.2. The molecule has 0 rings (SSSR count). The zero-order valence-electron chi connectivity index (χ0n) is 11.8. The minimum absolute atomic E-state index is 0.649. The molecule has 0 heterocycles. The quantitative estimate of drug-likeness (QED) is 0.533. The molecule has 0 spiro atoms. The molecule has 0 aliphatic rings.